The van der Waals surface area contributed by atoms with Crippen LogP contribution in [0.25, 0.3) is 0 Å². The molecule has 2 aliphatic heterocycles. The first-order valence-corrected chi connectivity index (χ1v) is 8.49. The lowest BCUT2D eigenvalue weighted by Gasteiger charge is -2.30. The molecular weight excluding hydrogens is 311 g/mol. The zero-order valence-corrected chi connectivity index (χ0v) is 13.8. The van der Waals surface area contributed by atoms with E-state index in [-0.39, 0.29) is 11.9 Å². The minimum Gasteiger partial charge on any atom is -0.378 e. The Morgan fingerprint density at radius 2 is 2.17 bits per heavy atom. The largest absolute Gasteiger partial charge is 0.378 e. The van der Waals surface area contributed by atoms with E-state index in [2.05, 4.69) is 15.2 Å². The molecule has 6 nitrogen and oxygen atoms in total. The Morgan fingerprint density at radius 1 is 1.33 bits per heavy atom. The molecule has 2 fully saturated rings. The van der Waals surface area contributed by atoms with E-state index in [1.54, 1.807) is 0 Å². The molecule has 1 aromatic rings. The van der Waals surface area contributed by atoms with Gasteiger partial charge in [-0.25, -0.2) is 9.38 Å². The highest BCUT2D eigenvalue weighted by atomic mass is 19.1. The van der Waals surface area contributed by atoms with E-state index in [1.807, 2.05) is 6.07 Å². The van der Waals surface area contributed by atoms with Crippen LogP contribution in [-0.2, 0) is 16.0 Å². The molecular formula is C17H25FN4O2. The van der Waals surface area contributed by atoms with E-state index in [9.17, 15) is 4.39 Å². The minimum absolute atomic E-state index is 0.205. The van der Waals surface area contributed by atoms with E-state index in [0.717, 1.165) is 43.8 Å². The standard InChI is InChI=1S/C17H25FN4O2/c18-14-3-4-16(22-5-8-23-9-6-22)13(10-14)11-20-17(19)21-12-15-2-1-7-24-15/h3-4,10,15H,1-2,5-9,11-12H2,(H3,19,20,21). The molecule has 0 aliphatic carbocycles. The van der Waals surface area contributed by atoms with Crippen LogP contribution in [0.15, 0.2) is 23.2 Å². The van der Waals surface area contributed by atoms with Crippen LogP contribution in [0.2, 0.25) is 0 Å². The summed E-state index contributed by atoms with van der Waals surface area (Å²) in [6.45, 7) is 4.79. The van der Waals surface area contributed by atoms with Gasteiger partial charge in [-0.1, -0.05) is 0 Å². The van der Waals surface area contributed by atoms with E-state index < -0.39 is 0 Å². The summed E-state index contributed by atoms with van der Waals surface area (Å²) in [6.07, 6.45) is 2.35. The van der Waals surface area contributed by atoms with E-state index in [4.69, 9.17) is 15.2 Å². The van der Waals surface area contributed by atoms with Crippen LogP contribution >= 0.6 is 0 Å². The molecule has 2 saturated heterocycles. The minimum atomic E-state index is -0.261. The molecule has 3 rings (SSSR count). The zero-order valence-electron chi connectivity index (χ0n) is 13.8. The van der Waals surface area contributed by atoms with Crippen molar-refractivity contribution in [1.29, 1.82) is 0 Å². The third-order valence-electron chi connectivity index (χ3n) is 4.35. The number of hydrogen-bond donors (Lipinski definition) is 2. The third kappa shape index (κ3) is 4.58. The second-order valence-electron chi connectivity index (χ2n) is 6.09. The van der Waals surface area contributed by atoms with Gasteiger partial charge in [-0.3, -0.25) is 0 Å². The lowest BCUT2D eigenvalue weighted by Crippen LogP contribution is -2.37. The number of nitrogens with zero attached hydrogens (tertiary/aromatic N) is 2. The Bertz CT molecular complexity index is 570. The quantitative estimate of drug-likeness (QED) is 0.625. The zero-order chi connectivity index (χ0) is 16.8. The van der Waals surface area contributed by atoms with Crippen molar-refractivity contribution in [3.63, 3.8) is 0 Å². The summed E-state index contributed by atoms with van der Waals surface area (Å²) in [5.74, 6) is 0.103. The van der Waals surface area contributed by atoms with Crippen molar-refractivity contribution in [2.24, 2.45) is 10.7 Å². The van der Waals surface area contributed by atoms with Crippen molar-refractivity contribution in [1.82, 2.24) is 5.32 Å². The number of anilines is 1. The number of nitrogens with one attached hydrogen (secondary N) is 1. The van der Waals surface area contributed by atoms with Crippen LogP contribution in [0.4, 0.5) is 10.1 Å². The van der Waals surface area contributed by atoms with Gasteiger partial charge in [-0.15, -0.1) is 0 Å². The molecule has 7 heteroatoms. The highest BCUT2D eigenvalue weighted by molar-refractivity contribution is 5.78. The first-order chi connectivity index (χ1) is 11.7. The number of guanidine groups is 1. The summed E-state index contributed by atoms with van der Waals surface area (Å²) in [4.78, 5) is 6.55. The molecule has 0 aromatic heterocycles. The lowest BCUT2D eigenvalue weighted by atomic mass is 10.1. The van der Waals surface area contributed by atoms with Gasteiger partial charge in [0.2, 0.25) is 0 Å². The Morgan fingerprint density at radius 3 is 2.92 bits per heavy atom. The molecule has 0 bridgehead atoms. The Labute approximate surface area is 141 Å². The average Bonchev–Trinajstić information content (AvgIpc) is 3.12. The van der Waals surface area contributed by atoms with Crippen molar-refractivity contribution < 1.29 is 13.9 Å². The fraction of sp³-hybridized carbons (Fsp3) is 0.588. The molecule has 132 valence electrons. The number of ether oxygens (including phenoxy) is 2. The van der Waals surface area contributed by atoms with Crippen molar-refractivity contribution >= 4 is 11.6 Å². The van der Waals surface area contributed by atoms with Gasteiger partial charge in [0.15, 0.2) is 5.96 Å². The molecule has 24 heavy (non-hydrogen) atoms. The second kappa shape index (κ2) is 8.30. The first-order valence-electron chi connectivity index (χ1n) is 8.49. The molecule has 1 atom stereocenters. The number of halogens is 1. The van der Waals surface area contributed by atoms with Gasteiger partial charge in [0.25, 0.3) is 0 Å². The van der Waals surface area contributed by atoms with Crippen molar-refractivity contribution in [2.45, 2.75) is 25.5 Å². The first kappa shape index (κ1) is 17.0. The SMILES string of the molecule is NC(=NCc1cc(F)ccc1N1CCOCC1)NCC1CCCO1. The predicted molar refractivity (Wildman–Crippen MR) is 91.7 cm³/mol. The summed E-state index contributed by atoms with van der Waals surface area (Å²) in [5.41, 5.74) is 7.75. The monoisotopic (exact) mass is 336 g/mol. The summed E-state index contributed by atoms with van der Waals surface area (Å²) in [5, 5.41) is 3.08. The maximum atomic E-state index is 13.6. The molecule has 0 radical (unpaired) electrons. The van der Waals surface area contributed by atoms with Gasteiger partial charge >= 0.3 is 0 Å². The van der Waals surface area contributed by atoms with Gasteiger partial charge in [0.05, 0.1) is 25.9 Å². The number of rotatable bonds is 5. The number of benzene rings is 1. The molecule has 3 N–H and O–H groups in total. The Hall–Kier alpha value is -1.86. The van der Waals surface area contributed by atoms with Crippen LogP contribution in [0.3, 0.4) is 0 Å². The fourth-order valence-corrected chi connectivity index (χ4v) is 3.04. The molecule has 1 unspecified atom stereocenters. The van der Waals surface area contributed by atoms with Crippen LogP contribution in [-0.4, -0.2) is 51.5 Å². The van der Waals surface area contributed by atoms with E-state index >= 15 is 0 Å². The highest BCUT2D eigenvalue weighted by Crippen LogP contribution is 2.23. The van der Waals surface area contributed by atoms with Gasteiger partial charge in [0, 0.05) is 31.9 Å². The summed E-state index contributed by atoms with van der Waals surface area (Å²) < 4.78 is 24.6. The molecule has 0 amide bonds. The highest BCUT2D eigenvalue weighted by Gasteiger charge is 2.16. The van der Waals surface area contributed by atoms with Crippen LogP contribution in [0, 0.1) is 5.82 Å². The number of morpholine rings is 1. The molecule has 1 aromatic carbocycles. The normalized spacial score (nSPS) is 22.0. The fourth-order valence-electron chi connectivity index (χ4n) is 3.04. The maximum absolute atomic E-state index is 13.6. The lowest BCUT2D eigenvalue weighted by molar-refractivity contribution is 0.114. The molecule has 0 saturated carbocycles. The van der Waals surface area contributed by atoms with Gasteiger partial charge in [0.1, 0.15) is 5.82 Å². The van der Waals surface area contributed by atoms with Crippen LogP contribution < -0.4 is 16.0 Å². The van der Waals surface area contributed by atoms with E-state index in [1.165, 1.54) is 12.1 Å². The van der Waals surface area contributed by atoms with Gasteiger partial charge in [-0.2, -0.15) is 0 Å². The number of hydrogen-bond acceptors (Lipinski definition) is 4. The summed E-state index contributed by atoms with van der Waals surface area (Å²) in [7, 11) is 0. The number of aliphatic imine (C=N–C) groups is 1. The van der Waals surface area contributed by atoms with Crippen molar-refractivity contribution in [3.8, 4) is 0 Å². The van der Waals surface area contributed by atoms with Gasteiger partial charge < -0.3 is 25.4 Å². The number of nitrogens with two attached hydrogens (primary N) is 1. The molecule has 2 heterocycles. The summed E-state index contributed by atoms with van der Waals surface area (Å²) in [6, 6.07) is 4.82. The maximum Gasteiger partial charge on any atom is 0.189 e. The average molecular weight is 336 g/mol. The molecule has 0 spiro atoms. The van der Waals surface area contributed by atoms with Crippen molar-refractivity contribution in [2.75, 3.05) is 44.4 Å². The predicted octanol–water partition coefficient (Wildman–Crippen LogP) is 1.25. The Kier molecular flexibility index (Phi) is 5.87. The van der Waals surface area contributed by atoms with Crippen molar-refractivity contribution in [3.05, 3.63) is 29.6 Å². The molecule has 2 aliphatic rings. The van der Waals surface area contributed by atoms with Crippen LogP contribution in [0.1, 0.15) is 18.4 Å². The second-order valence-corrected chi connectivity index (χ2v) is 6.09. The topological polar surface area (TPSA) is 72.1 Å². The smallest absolute Gasteiger partial charge is 0.189 e. The Balaban J connectivity index is 1.62. The van der Waals surface area contributed by atoms with Crippen LogP contribution in [0.5, 0.6) is 0 Å². The van der Waals surface area contributed by atoms with Gasteiger partial charge in [-0.05, 0) is 36.6 Å². The van der Waals surface area contributed by atoms with E-state index in [0.29, 0.717) is 32.3 Å². The summed E-state index contributed by atoms with van der Waals surface area (Å²) >= 11 is 0. The third-order valence-corrected chi connectivity index (χ3v) is 4.35.